The third-order valence-electron chi connectivity index (χ3n) is 4.03. The smallest absolute Gasteiger partial charge is 0.243 e. The number of tetrazole rings is 1. The molecule has 1 saturated carbocycles. The molecule has 1 amide bonds. The summed E-state index contributed by atoms with van der Waals surface area (Å²) in [4.78, 5) is 14.2. The van der Waals surface area contributed by atoms with Gasteiger partial charge in [-0.1, -0.05) is 19.9 Å². The van der Waals surface area contributed by atoms with E-state index in [1.807, 2.05) is 31.4 Å². The van der Waals surface area contributed by atoms with Gasteiger partial charge in [0.25, 0.3) is 0 Å². The van der Waals surface area contributed by atoms with Crippen LogP contribution in [0.25, 0.3) is 10.7 Å². The lowest BCUT2D eigenvalue weighted by Crippen LogP contribution is -2.61. The van der Waals surface area contributed by atoms with E-state index >= 15 is 0 Å². The number of amides is 1. The molecule has 2 unspecified atom stereocenters. The molecule has 1 aliphatic rings. The van der Waals surface area contributed by atoms with Crippen molar-refractivity contribution in [2.75, 3.05) is 0 Å². The minimum absolute atomic E-state index is 0.0136. The topological polar surface area (TPSA) is 92.9 Å². The van der Waals surface area contributed by atoms with Gasteiger partial charge in [0.1, 0.15) is 6.54 Å². The van der Waals surface area contributed by atoms with Crippen molar-refractivity contribution >= 4 is 17.2 Å². The van der Waals surface area contributed by atoms with Crippen molar-refractivity contribution in [3.63, 3.8) is 0 Å². The third-order valence-corrected chi connectivity index (χ3v) is 4.90. The van der Waals surface area contributed by atoms with Gasteiger partial charge in [0, 0.05) is 11.5 Å². The van der Waals surface area contributed by atoms with E-state index < -0.39 is 0 Å². The molecule has 0 bridgehead atoms. The van der Waals surface area contributed by atoms with Crippen LogP contribution in [0.15, 0.2) is 17.5 Å². The van der Waals surface area contributed by atoms with Crippen LogP contribution >= 0.6 is 11.3 Å². The maximum atomic E-state index is 12.0. The molecule has 112 valence electrons. The van der Waals surface area contributed by atoms with Crippen molar-refractivity contribution < 1.29 is 9.90 Å². The second-order valence-electron chi connectivity index (χ2n) is 5.81. The number of hydrogen-bond donors (Lipinski definition) is 2. The number of nitrogens with one attached hydrogen (secondary N) is 1. The lowest BCUT2D eigenvalue weighted by molar-refractivity contribution is -0.130. The Bertz CT molecular complexity index is 637. The number of carbonyl (C=O) groups excluding carboxylic acids is 1. The minimum atomic E-state index is -0.363. The highest BCUT2D eigenvalue weighted by Gasteiger charge is 2.47. The van der Waals surface area contributed by atoms with E-state index in [0.717, 1.165) is 4.88 Å². The Labute approximate surface area is 126 Å². The van der Waals surface area contributed by atoms with E-state index in [-0.39, 0.29) is 30.0 Å². The van der Waals surface area contributed by atoms with Crippen LogP contribution in [-0.2, 0) is 11.3 Å². The Morgan fingerprint density at radius 2 is 2.43 bits per heavy atom. The first-order chi connectivity index (χ1) is 9.96. The quantitative estimate of drug-likeness (QED) is 0.866. The number of hydrogen-bond acceptors (Lipinski definition) is 6. The highest BCUT2D eigenvalue weighted by atomic mass is 32.1. The first kappa shape index (κ1) is 14.2. The van der Waals surface area contributed by atoms with Crippen molar-refractivity contribution in [2.24, 2.45) is 5.41 Å². The van der Waals surface area contributed by atoms with Gasteiger partial charge in [-0.25, -0.2) is 0 Å². The summed E-state index contributed by atoms with van der Waals surface area (Å²) in [6.07, 6.45) is 0.224. The molecule has 0 radical (unpaired) electrons. The van der Waals surface area contributed by atoms with Gasteiger partial charge >= 0.3 is 0 Å². The van der Waals surface area contributed by atoms with Gasteiger partial charge in [0.2, 0.25) is 11.7 Å². The van der Waals surface area contributed by atoms with Crippen LogP contribution in [0.4, 0.5) is 0 Å². The highest BCUT2D eigenvalue weighted by Crippen LogP contribution is 2.40. The maximum Gasteiger partial charge on any atom is 0.243 e. The van der Waals surface area contributed by atoms with E-state index in [4.69, 9.17) is 0 Å². The molecule has 2 heterocycles. The molecule has 7 nitrogen and oxygen atoms in total. The van der Waals surface area contributed by atoms with E-state index in [1.54, 1.807) is 0 Å². The highest BCUT2D eigenvalue weighted by molar-refractivity contribution is 7.13. The summed E-state index contributed by atoms with van der Waals surface area (Å²) in [5, 5.41) is 26.5. The first-order valence-electron chi connectivity index (χ1n) is 6.76. The largest absolute Gasteiger partial charge is 0.392 e. The number of thiophene rings is 1. The van der Waals surface area contributed by atoms with Gasteiger partial charge in [0.15, 0.2) is 0 Å². The number of rotatable bonds is 4. The van der Waals surface area contributed by atoms with Gasteiger partial charge in [0.05, 0.1) is 11.0 Å². The van der Waals surface area contributed by atoms with Crippen LogP contribution < -0.4 is 5.32 Å². The Morgan fingerprint density at radius 1 is 1.62 bits per heavy atom. The SMILES string of the molecule is CC1(C)C(O)CC1NC(=O)Cn1nnc(-c2cccs2)n1. The molecule has 1 aliphatic carbocycles. The van der Waals surface area contributed by atoms with Crippen LogP contribution in [0, 0.1) is 5.41 Å². The second kappa shape index (κ2) is 5.19. The molecule has 2 atom stereocenters. The second-order valence-corrected chi connectivity index (χ2v) is 6.76. The van der Waals surface area contributed by atoms with E-state index in [0.29, 0.717) is 12.2 Å². The molecule has 3 rings (SSSR count). The third kappa shape index (κ3) is 2.68. The molecule has 0 saturated heterocycles. The molecule has 0 aliphatic heterocycles. The van der Waals surface area contributed by atoms with Crippen LogP contribution in [0.5, 0.6) is 0 Å². The van der Waals surface area contributed by atoms with Gasteiger partial charge in [-0.15, -0.1) is 21.5 Å². The number of aliphatic hydroxyl groups is 1. The molecule has 21 heavy (non-hydrogen) atoms. The fraction of sp³-hybridized carbons (Fsp3) is 0.538. The fourth-order valence-corrected chi connectivity index (χ4v) is 2.98. The van der Waals surface area contributed by atoms with Crippen LogP contribution in [0.2, 0.25) is 0 Å². The predicted molar refractivity (Wildman–Crippen MR) is 77.5 cm³/mol. The summed E-state index contributed by atoms with van der Waals surface area (Å²) in [7, 11) is 0. The molecule has 0 spiro atoms. The summed E-state index contributed by atoms with van der Waals surface area (Å²) in [5.41, 5.74) is -0.284. The van der Waals surface area contributed by atoms with Crippen LogP contribution in [-0.4, -0.2) is 43.4 Å². The summed E-state index contributed by atoms with van der Waals surface area (Å²) >= 11 is 1.52. The zero-order valence-electron chi connectivity index (χ0n) is 11.9. The number of aromatic nitrogens is 4. The zero-order chi connectivity index (χ0) is 15.0. The van der Waals surface area contributed by atoms with E-state index in [9.17, 15) is 9.90 Å². The molecular formula is C13H17N5O2S. The minimum Gasteiger partial charge on any atom is -0.392 e. The standard InChI is InChI=1S/C13H17N5O2S/c1-13(2)9(6-10(13)19)14-11(20)7-18-16-12(15-17-18)8-4-3-5-21-8/h3-5,9-10,19H,6-7H2,1-2H3,(H,14,20). The predicted octanol–water partition coefficient (Wildman–Crippen LogP) is 0.677. The molecule has 0 aromatic carbocycles. The van der Waals surface area contributed by atoms with Crippen molar-refractivity contribution in [3.8, 4) is 10.7 Å². The number of nitrogens with zero attached hydrogens (tertiary/aromatic N) is 4. The summed E-state index contributed by atoms with van der Waals surface area (Å²) < 4.78 is 0. The van der Waals surface area contributed by atoms with Gasteiger partial charge in [-0.2, -0.15) is 4.80 Å². The summed E-state index contributed by atoms with van der Waals surface area (Å²) in [5.74, 6) is 0.354. The molecule has 2 aromatic rings. The van der Waals surface area contributed by atoms with Crippen LogP contribution in [0.3, 0.4) is 0 Å². The first-order valence-corrected chi connectivity index (χ1v) is 7.64. The number of aliphatic hydroxyl groups excluding tert-OH is 1. The normalized spacial score (nSPS) is 23.6. The zero-order valence-corrected chi connectivity index (χ0v) is 12.7. The Hall–Kier alpha value is -1.80. The Morgan fingerprint density at radius 3 is 3.05 bits per heavy atom. The average Bonchev–Trinajstić information content (AvgIpc) is 3.08. The Balaban J connectivity index is 1.59. The van der Waals surface area contributed by atoms with Crippen molar-refractivity contribution in [2.45, 2.75) is 39.0 Å². The number of carbonyl (C=O) groups is 1. The van der Waals surface area contributed by atoms with Gasteiger partial charge in [-0.3, -0.25) is 4.79 Å². The van der Waals surface area contributed by atoms with Crippen molar-refractivity contribution in [1.29, 1.82) is 0 Å². The molecule has 2 aromatic heterocycles. The maximum absolute atomic E-state index is 12.0. The molecule has 2 N–H and O–H groups in total. The van der Waals surface area contributed by atoms with Crippen molar-refractivity contribution in [3.05, 3.63) is 17.5 Å². The molecule has 8 heteroatoms. The van der Waals surface area contributed by atoms with Crippen LogP contribution in [0.1, 0.15) is 20.3 Å². The molecule has 1 fully saturated rings. The summed E-state index contributed by atoms with van der Waals surface area (Å²) in [6, 6.07) is 3.81. The van der Waals surface area contributed by atoms with Gasteiger partial charge < -0.3 is 10.4 Å². The van der Waals surface area contributed by atoms with E-state index in [2.05, 4.69) is 20.7 Å². The Kier molecular flexibility index (Phi) is 3.50. The van der Waals surface area contributed by atoms with Gasteiger partial charge in [-0.05, 0) is 23.1 Å². The average molecular weight is 307 g/mol. The summed E-state index contributed by atoms with van der Waals surface area (Å²) in [6.45, 7) is 3.91. The van der Waals surface area contributed by atoms with Crippen molar-refractivity contribution in [1.82, 2.24) is 25.5 Å². The molecular weight excluding hydrogens is 290 g/mol. The van der Waals surface area contributed by atoms with E-state index in [1.165, 1.54) is 16.1 Å². The fourth-order valence-electron chi connectivity index (χ4n) is 2.33. The monoisotopic (exact) mass is 307 g/mol. The lowest BCUT2D eigenvalue weighted by atomic mass is 9.64. The lowest BCUT2D eigenvalue weighted by Gasteiger charge is -2.49.